The minimum absolute atomic E-state index is 0.116. The molecule has 0 spiro atoms. The zero-order valence-corrected chi connectivity index (χ0v) is 15.5. The standard InChI is InChI=1S/C20H30FN3O2/c1-2-6-18(19(25)22-13-15-7-4-3-5-8-15)24-20(26)23-14-16-9-11-17(21)12-10-16/h9-12,15,18H,2-8,13-14H2,1H3,(H,22,25)(H2,23,24,26). The predicted molar refractivity (Wildman–Crippen MR) is 100 cm³/mol. The molecule has 0 saturated heterocycles. The van der Waals surface area contributed by atoms with Crippen molar-refractivity contribution in [1.82, 2.24) is 16.0 Å². The van der Waals surface area contributed by atoms with E-state index in [4.69, 9.17) is 0 Å². The number of hydrogen-bond donors (Lipinski definition) is 3. The molecule has 3 N–H and O–H groups in total. The second kappa shape index (κ2) is 10.8. The van der Waals surface area contributed by atoms with Gasteiger partial charge in [0.15, 0.2) is 0 Å². The predicted octanol–water partition coefficient (Wildman–Crippen LogP) is 3.49. The third-order valence-electron chi connectivity index (χ3n) is 4.86. The van der Waals surface area contributed by atoms with Crippen LogP contribution in [0.3, 0.4) is 0 Å². The van der Waals surface area contributed by atoms with Crippen LogP contribution >= 0.6 is 0 Å². The number of nitrogens with one attached hydrogen (secondary N) is 3. The molecule has 3 amide bonds. The minimum atomic E-state index is -0.531. The molecular formula is C20H30FN3O2. The lowest BCUT2D eigenvalue weighted by Crippen LogP contribution is -2.50. The zero-order valence-electron chi connectivity index (χ0n) is 15.5. The summed E-state index contributed by atoms with van der Waals surface area (Å²) >= 11 is 0. The summed E-state index contributed by atoms with van der Waals surface area (Å²) in [6.07, 6.45) is 7.51. The van der Waals surface area contributed by atoms with Crippen LogP contribution in [0.15, 0.2) is 24.3 Å². The van der Waals surface area contributed by atoms with E-state index in [2.05, 4.69) is 16.0 Å². The van der Waals surface area contributed by atoms with Gasteiger partial charge >= 0.3 is 6.03 Å². The second-order valence-corrected chi connectivity index (χ2v) is 7.04. The Labute approximate surface area is 155 Å². The van der Waals surface area contributed by atoms with Gasteiger partial charge in [0.05, 0.1) is 0 Å². The molecule has 1 aromatic rings. The van der Waals surface area contributed by atoms with Crippen molar-refractivity contribution in [3.8, 4) is 0 Å². The molecular weight excluding hydrogens is 333 g/mol. The Kier molecular flexibility index (Phi) is 8.38. The Bertz CT molecular complexity index is 571. The Balaban J connectivity index is 1.76. The minimum Gasteiger partial charge on any atom is -0.354 e. The molecule has 6 heteroatoms. The summed E-state index contributed by atoms with van der Waals surface area (Å²) in [7, 11) is 0. The maximum atomic E-state index is 12.9. The van der Waals surface area contributed by atoms with Crippen molar-refractivity contribution in [2.75, 3.05) is 6.54 Å². The molecule has 1 aliphatic carbocycles. The average molecular weight is 363 g/mol. The van der Waals surface area contributed by atoms with Gasteiger partial charge in [0.25, 0.3) is 0 Å². The molecule has 1 aromatic carbocycles. The van der Waals surface area contributed by atoms with E-state index in [1.807, 2.05) is 6.92 Å². The summed E-state index contributed by atoms with van der Waals surface area (Å²) in [5.74, 6) is 0.132. The van der Waals surface area contributed by atoms with Crippen molar-refractivity contribution < 1.29 is 14.0 Å². The van der Waals surface area contributed by atoms with Gasteiger partial charge in [0.1, 0.15) is 11.9 Å². The van der Waals surface area contributed by atoms with E-state index >= 15 is 0 Å². The van der Waals surface area contributed by atoms with Gasteiger partial charge in [0, 0.05) is 13.1 Å². The summed E-state index contributed by atoms with van der Waals surface area (Å²) in [6, 6.07) is 5.03. The second-order valence-electron chi connectivity index (χ2n) is 7.04. The van der Waals surface area contributed by atoms with Gasteiger partial charge in [-0.25, -0.2) is 9.18 Å². The average Bonchev–Trinajstić information content (AvgIpc) is 2.66. The van der Waals surface area contributed by atoms with Crippen LogP contribution in [0.1, 0.15) is 57.4 Å². The highest BCUT2D eigenvalue weighted by Gasteiger charge is 2.21. The largest absolute Gasteiger partial charge is 0.354 e. The third kappa shape index (κ3) is 7.02. The van der Waals surface area contributed by atoms with Crippen molar-refractivity contribution in [3.63, 3.8) is 0 Å². The number of carbonyl (C=O) groups excluding carboxylic acids is 2. The normalized spacial score (nSPS) is 15.9. The number of carbonyl (C=O) groups is 2. The van der Waals surface area contributed by atoms with E-state index < -0.39 is 6.04 Å². The number of hydrogen-bond acceptors (Lipinski definition) is 2. The third-order valence-corrected chi connectivity index (χ3v) is 4.86. The smallest absolute Gasteiger partial charge is 0.315 e. The maximum absolute atomic E-state index is 12.9. The van der Waals surface area contributed by atoms with Gasteiger partial charge in [-0.05, 0) is 42.9 Å². The molecule has 0 heterocycles. The van der Waals surface area contributed by atoms with Crippen LogP contribution in [-0.2, 0) is 11.3 Å². The molecule has 1 aliphatic rings. The molecule has 1 unspecified atom stereocenters. The van der Waals surface area contributed by atoms with Gasteiger partial charge in [-0.2, -0.15) is 0 Å². The lowest BCUT2D eigenvalue weighted by Gasteiger charge is -2.24. The van der Waals surface area contributed by atoms with Crippen LogP contribution in [0, 0.1) is 11.7 Å². The Morgan fingerprint density at radius 2 is 1.81 bits per heavy atom. The molecule has 1 atom stereocenters. The molecule has 26 heavy (non-hydrogen) atoms. The Morgan fingerprint density at radius 1 is 1.12 bits per heavy atom. The highest BCUT2D eigenvalue weighted by atomic mass is 19.1. The number of urea groups is 1. The highest BCUT2D eigenvalue weighted by Crippen LogP contribution is 2.22. The molecule has 0 radical (unpaired) electrons. The van der Waals surface area contributed by atoms with Gasteiger partial charge in [-0.1, -0.05) is 44.7 Å². The SMILES string of the molecule is CCCC(NC(=O)NCc1ccc(F)cc1)C(=O)NCC1CCCCC1. The molecule has 2 rings (SSSR count). The molecule has 1 fully saturated rings. The zero-order chi connectivity index (χ0) is 18.8. The van der Waals surface area contributed by atoms with Crippen LogP contribution in [0.25, 0.3) is 0 Å². The summed E-state index contributed by atoms with van der Waals surface area (Å²) < 4.78 is 12.9. The Hall–Kier alpha value is -2.11. The molecule has 0 bridgehead atoms. The summed E-state index contributed by atoms with van der Waals surface area (Å²) in [5, 5.41) is 8.47. The van der Waals surface area contributed by atoms with Crippen molar-refractivity contribution in [3.05, 3.63) is 35.6 Å². The number of amides is 3. The Morgan fingerprint density at radius 3 is 2.46 bits per heavy atom. The van der Waals surface area contributed by atoms with Crippen molar-refractivity contribution in [1.29, 1.82) is 0 Å². The quantitative estimate of drug-likeness (QED) is 0.662. The topological polar surface area (TPSA) is 70.2 Å². The fourth-order valence-corrected chi connectivity index (χ4v) is 3.31. The van der Waals surface area contributed by atoms with Crippen LogP contribution in [0.5, 0.6) is 0 Å². The first-order valence-corrected chi connectivity index (χ1v) is 9.65. The first-order valence-electron chi connectivity index (χ1n) is 9.65. The lowest BCUT2D eigenvalue weighted by atomic mass is 9.89. The summed E-state index contributed by atoms with van der Waals surface area (Å²) in [4.78, 5) is 24.5. The van der Waals surface area contributed by atoms with Gasteiger partial charge < -0.3 is 16.0 Å². The molecule has 5 nitrogen and oxygen atoms in total. The van der Waals surface area contributed by atoms with E-state index in [9.17, 15) is 14.0 Å². The lowest BCUT2D eigenvalue weighted by molar-refractivity contribution is -0.123. The van der Waals surface area contributed by atoms with Crippen molar-refractivity contribution in [2.45, 2.75) is 64.5 Å². The highest BCUT2D eigenvalue weighted by molar-refractivity contribution is 5.86. The van der Waals surface area contributed by atoms with Gasteiger partial charge in [-0.3, -0.25) is 4.79 Å². The first-order chi connectivity index (χ1) is 12.6. The van der Waals surface area contributed by atoms with Crippen molar-refractivity contribution >= 4 is 11.9 Å². The number of halogens is 1. The summed E-state index contributed by atoms with van der Waals surface area (Å²) in [6.45, 7) is 2.96. The van der Waals surface area contributed by atoms with E-state index in [0.717, 1.165) is 12.0 Å². The fraction of sp³-hybridized carbons (Fsp3) is 0.600. The number of rotatable bonds is 8. The van der Waals surface area contributed by atoms with Gasteiger partial charge in [0.2, 0.25) is 5.91 Å². The molecule has 144 valence electrons. The number of benzene rings is 1. The van der Waals surface area contributed by atoms with Crippen LogP contribution in [0.2, 0.25) is 0 Å². The van der Waals surface area contributed by atoms with E-state index in [-0.39, 0.29) is 24.3 Å². The molecule has 0 aliphatic heterocycles. The summed E-state index contributed by atoms with van der Waals surface area (Å²) in [5.41, 5.74) is 0.801. The molecule has 1 saturated carbocycles. The molecule has 0 aromatic heterocycles. The van der Waals surface area contributed by atoms with E-state index in [1.54, 1.807) is 12.1 Å². The van der Waals surface area contributed by atoms with Crippen LogP contribution < -0.4 is 16.0 Å². The van der Waals surface area contributed by atoms with E-state index in [1.165, 1.54) is 44.2 Å². The monoisotopic (exact) mass is 363 g/mol. The van der Waals surface area contributed by atoms with Crippen LogP contribution in [0.4, 0.5) is 9.18 Å². The maximum Gasteiger partial charge on any atom is 0.315 e. The fourth-order valence-electron chi connectivity index (χ4n) is 3.31. The van der Waals surface area contributed by atoms with Crippen LogP contribution in [-0.4, -0.2) is 24.5 Å². The first kappa shape index (κ1) is 20.2. The van der Waals surface area contributed by atoms with Crippen molar-refractivity contribution in [2.24, 2.45) is 5.92 Å². The van der Waals surface area contributed by atoms with E-state index in [0.29, 0.717) is 18.9 Å². The van der Waals surface area contributed by atoms with Gasteiger partial charge in [-0.15, -0.1) is 0 Å².